The van der Waals surface area contributed by atoms with Crippen molar-refractivity contribution < 1.29 is 14.6 Å². The number of hydrogen-bond acceptors (Lipinski definition) is 3. The quantitative estimate of drug-likeness (QED) is 0.844. The number of Topliss-reactive ketones (excluding diaryl/α,β-unsaturated/α-hetero) is 1. The van der Waals surface area contributed by atoms with Gasteiger partial charge in [-0.05, 0) is 24.1 Å². The molecule has 84 valence electrons. The summed E-state index contributed by atoms with van der Waals surface area (Å²) < 4.78 is 5.08. The Hall–Kier alpha value is -1.61. The molecule has 0 saturated carbocycles. The topological polar surface area (TPSA) is 46.5 Å². The van der Waals surface area contributed by atoms with Crippen molar-refractivity contribution in [2.45, 2.75) is 18.9 Å². The van der Waals surface area contributed by atoms with Gasteiger partial charge in [-0.15, -0.1) is 0 Å². The molecule has 16 heavy (non-hydrogen) atoms. The van der Waals surface area contributed by atoms with E-state index in [1.54, 1.807) is 31.4 Å². The van der Waals surface area contributed by atoms with Crippen molar-refractivity contribution >= 4 is 5.78 Å². The van der Waals surface area contributed by atoms with E-state index in [1.165, 1.54) is 0 Å². The van der Waals surface area contributed by atoms with Crippen molar-refractivity contribution in [3.63, 3.8) is 0 Å². The zero-order valence-corrected chi connectivity index (χ0v) is 9.14. The highest BCUT2D eigenvalue weighted by Gasteiger charge is 2.23. The van der Waals surface area contributed by atoms with Gasteiger partial charge in [0.2, 0.25) is 0 Å². The number of benzene rings is 1. The molecule has 0 saturated heterocycles. The summed E-state index contributed by atoms with van der Waals surface area (Å²) >= 11 is 0. The van der Waals surface area contributed by atoms with E-state index in [4.69, 9.17) is 4.74 Å². The van der Waals surface area contributed by atoms with Crippen LogP contribution in [0.3, 0.4) is 0 Å². The van der Waals surface area contributed by atoms with Gasteiger partial charge in [0, 0.05) is 12.0 Å². The van der Waals surface area contributed by atoms with Gasteiger partial charge in [0.05, 0.1) is 7.11 Å². The van der Waals surface area contributed by atoms with Gasteiger partial charge in [-0.25, -0.2) is 0 Å². The van der Waals surface area contributed by atoms with Crippen LogP contribution in [-0.4, -0.2) is 18.0 Å². The van der Waals surface area contributed by atoms with E-state index in [2.05, 4.69) is 0 Å². The zero-order valence-electron chi connectivity index (χ0n) is 9.14. The summed E-state index contributed by atoms with van der Waals surface area (Å²) in [6.07, 6.45) is 2.22. The van der Waals surface area contributed by atoms with Crippen LogP contribution < -0.4 is 4.74 Å². The fourth-order valence-electron chi connectivity index (χ4n) is 1.87. The van der Waals surface area contributed by atoms with Gasteiger partial charge in [-0.2, -0.15) is 0 Å². The second-order valence-corrected chi connectivity index (χ2v) is 3.80. The molecule has 0 bridgehead atoms. The lowest BCUT2D eigenvalue weighted by atomic mass is 10.0. The molecule has 1 aromatic carbocycles. The molecule has 3 heteroatoms. The lowest BCUT2D eigenvalue weighted by Gasteiger charge is -2.12. The maximum absolute atomic E-state index is 11.5. The van der Waals surface area contributed by atoms with Gasteiger partial charge < -0.3 is 9.84 Å². The summed E-state index contributed by atoms with van der Waals surface area (Å²) in [5.74, 6) is 0.720. The minimum absolute atomic E-state index is 0.0373. The van der Waals surface area contributed by atoms with Crippen LogP contribution in [0.5, 0.6) is 5.75 Å². The number of ketones is 1. The Labute approximate surface area is 94.4 Å². The van der Waals surface area contributed by atoms with Crippen LogP contribution in [0, 0.1) is 0 Å². The second-order valence-electron chi connectivity index (χ2n) is 3.80. The second kappa shape index (κ2) is 4.49. The Morgan fingerprint density at radius 3 is 2.88 bits per heavy atom. The number of aliphatic hydroxyl groups is 1. The number of aliphatic hydroxyl groups excluding tert-OH is 1. The van der Waals surface area contributed by atoms with Crippen LogP contribution in [0.2, 0.25) is 0 Å². The average Bonchev–Trinajstić information content (AvgIpc) is 2.74. The Bertz CT molecular complexity index is 435. The largest absolute Gasteiger partial charge is 0.497 e. The normalized spacial score (nSPS) is 17.1. The summed E-state index contributed by atoms with van der Waals surface area (Å²) in [5.41, 5.74) is 1.20. The zero-order chi connectivity index (χ0) is 11.5. The SMILES string of the molecule is COc1cccc(C(O)C2=CCCC2=O)c1. The molecular formula is C13H14O3. The van der Waals surface area contributed by atoms with E-state index in [1.807, 2.05) is 6.08 Å². The third kappa shape index (κ3) is 1.99. The molecule has 1 unspecified atom stereocenters. The number of methoxy groups -OCH3 is 1. The summed E-state index contributed by atoms with van der Waals surface area (Å²) in [6, 6.07) is 7.15. The van der Waals surface area contributed by atoms with E-state index in [0.717, 1.165) is 6.42 Å². The van der Waals surface area contributed by atoms with Gasteiger partial charge in [0.25, 0.3) is 0 Å². The van der Waals surface area contributed by atoms with Gasteiger partial charge in [0.15, 0.2) is 5.78 Å². The molecule has 2 rings (SSSR count). The number of rotatable bonds is 3. The highest BCUT2D eigenvalue weighted by atomic mass is 16.5. The lowest BCUT2D eigenvalue weighted by molar-refractivity contribution is -0.115. The number of hydrogen-bond donors (Lipinski definition) is 1. The molecule has 3 nitrogen and oxygen atoms in total. The molecule has 0 fully saturated rings. The van der Waals surface area contributed by atoms with E-state index in [0.29, 0.717) is 23.3 Å². The van der Waals surface area contributed by atoms with Crippen LogP contribution in [-0.2, 0) is 4.79 Å². The number of allylic oxidation sites excluding steroid dienone is 1. The highest BCUT2D eigenvalue weighted by molar-refractivity contribution is 5.98. The fraction of sp³-hybridized carbons (Fsp3) is 0.308. The predicted molar refractivity (Wildman–Crippen MR) is 60.3 cm³/mol. The molecule has 1 atom stereocenters. The Morgan fingerprint density at radius 1 is 1.44 bits per heavy atom. The van der Waals surface area contributed by atoms with Gasteiger partial charge in [-0.3, -0.25) is 4.79 Å². The summed E-state index contributed by atoms with van der Waals surface area (Å²) in [4.78, 5) is 11.5. The van der Waals surface area contributed by atoms with E-state index < -0.39 is 6.10 Å². The van der Waals surface area contributed by atoms with Crippen LogP contribution >= 0.6 is 0 Å². The number of carbonyl (C=O) groups excluding carboxylic acids is 1. The fourth-order valence-corrected chi connectivity index (χ4v) is 1.87. The first-order chi connectivity index (χ1) is 7.72. The van der Waals surface area contributed by atoms with Crippen molar-refractivity contribution in [1.82, 2.24) is 0 Å². The van der Waals surface area contributed by atoms with Gasteiger partial charge >= 0.3 is 0 Å². The third-order valence-corrected chi connectivity index (χ3v) is 2.76. The molecular weight excluding hydrogens is 204 g/mol. The average molecular weight is 218 g/mol. The van der Waals surface area contributed by atoms with Crippen LogP contribution in [0.25, 0.3) is 0 Å². The molecule has 0 heterocycles. The van der Waals surface area contributed by atoms with Crippen molar-refractivity contribution in [2.75, 3.05) is 7.11 Å². The number of carbonyl (C=O) groups is 1. The third-order valence-electron chi connectivity index (χ3n) is 2.76. The standard InChI is InChI=1S/C13H14O3/c1-16-10-5-2-4-9(8-10)13(15)11-6-3-7-12(11)14/h2,4-6,8,13,15H,3,7H2,1H3. The first-order valence-corrected chi connectivity index (χ1v) is 5.27. The Balaban J connectivity index is 2.26. The summed E-state index contributed by atoms with van der Waals surface area (Å²) in [5, 5.41) is 10.1. The maximum Gasteiger partial charge on any atom is 0.161 e. The van der Waals surface area contributed by atoms with Crippen LogP contribution in [0.4, 0.5) is 0 Å². The molecule has 0 amide bonds. The Kier molecular flexibility index (Phi) is 3.06. The van der Waals surface area contributed by atoms with Gasteiger partial charge in [-0.1, -0.05) is 18.2 Å². The Morgan fingerprint density at radius 2 is 2.25 bits per heavy atom. The van der Waals surface area contributed by atoms with Crippen LogP contribution in [0.15, 0.2) is 35.9 Å². The summed E-state index contributed by atoms with van der Waals surface area (Å²) in [7, 11) is 1.57. The molecule has 1 aromatic rings. The monoisotopic (exact) mass is 218 g/mol. The van der Waals surface area contributed by atoms with Crippen LogP contribution in [0.1, 0.15) is 24.5 Å². The maximum atomic E-state index is 11.5. The molecule has 1 N–H and O–H groups in total. The summed E-state index contributed by atoms with van der Waals surface area (Å²) in [6.45, 7) is 0. The highest BCUT2D eigenvalue weighted by Crippen LogP contribution is 2.29. The molecule has 0 aromatic heterocycles. The van der Waals surface area contributed by atoms with Crippen molar-refractivity contribution in [3.05, 3.63) is 41.5 Å². The smallest absolute Gasteiger partial charge is 0.161 e. The first-order valence-electron chi connectivity index (χ1n) is 5.27. The molecule has 1 aliphatic rings. The number of ether oxygens (including phenoxy) is 1. The minimum Gasteiger partial charge on any atom is -0.497 e. The molecule has 0 aliphatic heterocycles. The van der Waals surface area contributed by atoms with Crippen molar-refractivity contribution in [3.8, 4) is 5.75 Å². The van der Waals surface area contributed by atoms with Gasteiger partial charge in [0.1, 0.15) is 11.9 Å². The van der Waals surface area contributed by atoms with Crippen molar-refractivity contribution in [2.24, 2.45) is 0 Å². The molecule has 0 spiro atoms. The predicted octanol–water partition coefficient (Wildman–Crippen LogP) is 2.02. The minimum atomic E-state index is -0.829. The van der Waals surface area contributed by atoms with E-state index in [9.17, 15) is 9.90 Å². The molecule has 0 radical (unpaired) electrons. The molecule has 1 aliphatic carbocycles. The lowest BCUT2D eigenvalue weighted by Crippen LogP contribution is -2.07. The van der Waals surface area contributed by atoms with E-state index >= 15 is 0 Å². The first kappa shape index (κ1) is 10.9. The van der Waals surface area contributed by atoms with Crippen molar-refractivity contribution in [1.29, 1.82) is 0 Å². The van der Waals surface area contributed by atoms with E-state index in [-0.39, 0.29) is 5.78 Å².